The number of aromatic nitrogens is 3. The first-order valence-corrected chi connectivity index (χ1v) is 12.9. The minimum Gasteiger partial charge on any atom is -0.354 e. The maximum Gasteiger partial charge on any atom is 0.231 e. The molecule has 0 saturated heterocycles. The van der Waals surface area contributed by atoms with Gasteiger partial charge in [0.1, 0.15) is 6.33 Å². The standard InChI is InChI=1S/C28H41N5/c1-6-8-9-20(7-2)18-29-25-30-19-31-26(33-25)32-24-12-10-21(11-13-24)16-23-17-22-14-15-28(23,5)27(22,3)4/h10,12-13,19-20,22H,6-9,11,14-15,17-18H2,1-5H3,(H2,29,30,31,32,33). The number of rotatable bonds is 9. The molecule has 3 aliphatic rings. The average Bonchev–Trinajstić information content (AvgIpc) is 3.14. The Morgan fingerprint density at radius 3 is 2.61 bits per heavy atom. The highest BCUT2D eigenvalue weighted by Gasteiger charge is 2.58. The van der Waals surface area contributed by atoms with Gasteiger partial charge in [0.05, 0.1) is 0 Å². The highest BCUT2D eigenvalue weighted by Crippen LogP contribution is 2.67. The highest BCUT2D eigenvalue weighted by atomic mass is 15.2. The smallest absolute Gasteiger partial charge is 0.231 e. The Bertz CT molecular complexity index is 982. The van der Waals surface area contributed by atoms with Crippen LogP contribution in [0.25, 0.3) is 0 Å². The summed E-state index contributed by atoms with van der Waals surface area (Å²) in [5, 5.41) is 6.74. The normalized spacial score (nSPS) is 26.2. The summed E-state index contributed by atoms with van der Waals surface area (Å²) in [6.07, 6.45) is 17.8. The molecule has 0 amide bonds. The van der Waals surface area contributed by atoms with E-state index in [1.165, 1.54) is 56.1 Å². The molecule has 0 spiro atoms. The number of hydrogen-bond donors (Lipinski definition) is 2. The lowest BCUT2D eigenvalue weighted by molar-refractivity contribution is 0.179. The fraction of sp³-hybridized carbons (Fsp3) is 0.643. The van der Waals surface area contributed by atoms with Crippen LogP contribution in [0.1, 0.15) is 86.0 Å². The number of nitrogens with zero attached hydrogens (tertiary/aromatic N) is 3. The van der Waals surface area contributed by atoms with E-state index in [1.807, 2.05) is 0 Å². The molecule has 1 aromatic rings. The summed E-state index contributed by atoms with van der Waals surface area (Å²) in [6.45, 7) is 12.8. The van der Waals surface area contributed by atoms with Crippen LogP contribution in [0, 0.1) is 22.7 Å². The maximum absolute atomic E-state index is 4.56. The van der Waals surface area contributed by atoms with Crippen LogP contribution in [0.5, 0.6) is 0 Å². The first-order valence-electron chi connectivity index (χ1n) is 12.9. The van der Waals surface area contributed by atoms with Gasteiger partial charge >= 0.3 is 0 Å². The fourth-order valence-electron chi connectivity index (χ4n) is 5.83. The van der Waals surface area contributed by atoms with Crippen LogP contribution >= 0.6 is 0 Å². The van der Waals surface area contributed by atoms with E-state index in [2.05, 4.69) is 84.2 Å². The molecule has 3 atom stereocenters. The van der Waals surface area contributed by atoms with Gasteiger partial charge in [-0.3, -0.25) is 0 Å². The van der Waals surface area contributed by atoms with Gasteiger partial charge in [-0.1, -0.05) is 60.0 Å². The van der Waals surface area contributed by atoms with Crippen molar-refractivity contribution >= 4 is 11.9 Å². The first kappa shape index (κ1) is 23.8. The summed E-state index contributed by atoms with van der Waals surface area (Å²) in [7, 11) is 0. The van der Waals surface area contributed by atoms with Gasteiger partial charge in [-0.2, -0.15) is 4.98 Å². The van der Waals surface area contributed by atoms with Gasteiger partial charge in [0, 0.05) is 17.7 Å². The molecule has 1 heterocycles. The van der Waals surface area contributed by atoms with Crippen molar-refractivity contribution in [2.24, 2.45) is 22.7 Å². The lowest BCUT2D eigenvalue weighted by atomic mass is 9.69. The monoisotopic (exact) mass is 447 g/mol. The van der Waals surface area contributed by atoms with E-state index in [0.29, 0.717) is 28.6 Å². The highest BCUT2D eigenvalue weighted by molar-refractivity contribution is 5.47. The van der Waals surface area contributed by atoms with Crippen LogP contribution in [0.3, 0.4) is 0 Å². The van der Waals surface area contributed by atoms with Gasteiger partial charge in [0.2, 0.25) is 11.9 Å². The number of unbranched alkanes of at least 4 members (excludes halogenated alkanes) is 1. The summed E-state index contributed by atoms with van der Waals surface area (Å²) < 4.78 is 0. The van der Waals surface area contributed by atoms with E-state index in [0.717, 1.165) is 24.6 Å². The Kier molecular flexibility index (Phi) is 7.09. The van der Waals surface area contributed by atoms with Crippen molar-refractivity contribution in [3.8, 4) is 0 Å². The lowest BCUT2D eigenvalue weighted by Gasteiger charge is -2.34. The topological polar surface area (TPSA) is 62.7 Å². The molecule has 4 rings (SSSR count). The Balaban J connectivity index is 1.37. The molecule has 3 aliphatic carbocycles. The lowest BCUT2D eigenvalue weighted by Crippen LogP contribution is -2.27. The van der Waals surface area contributed by atoms with Crippen molar-refractivity contribution in [2.45, 2.75) is 86.0 Å². The predicted molar refractivity (Wildman–Crippen MR) is 137 cm³/mol. The number of nitrogens with one attached hydrogen (secondary N) is 2. The van der Waals surface area contributed by atoms with Crippen molar-refractivity contribution in [1.82, 2.24) is 15.0 Å². The van der Waals surface area contributed by atoms with Gasteiger partial charge in [-0.15, -0.1) is 5.73 Å². The van der Waals surface area contributed by atoms with Crippen molar-refractivity contribution < 1.29 is 0 Å². The molecule has 2 saturated carbocycles. The van der Waals surface area contributed by atoms with Crippen LogP contribution in [-0.4, -0.2) is 21.5 Å². The van der Waals surface area contributed by atoms with Gasteiger partial charge in [-0.25, -0.2) is 9.97 Å². The molecular weight excluding hydrogens is 406 g/mol. The second-order valence-corrected chi connectivity index (χ2v) is 10.9. The van der Waals surface area contributed by atoms with Crippen LogP contribution in [0.15, 0.2) is 47.1 Å². The minimum atomic E-state index is 0.308. The molecule has 0 aliphatic heterocycles. The van der Waals surface area contributed by atoms with Crippen molar-refractivity contribution in [2.75, 3.05) is 17.2 Å². The van der Waals surface area contributed by atoms with E-state index in [-0.39, 0.29) is 0 Å². The molecule has 5 heteroatoms. The molecule has 178 valence electrons. The molecule has 5 nitrogen and oxygen atoms in total. The Morgan fingerprint density at radius 1 is 1.15 bits per heavy atom. The Hall–Kier alpha value is -2.39. The van der Waals surface area contributed by atoms with Crippen molar-refractivity contribution in [3.05, 3.63) is 47.1 Å². The molecule has 33 heavy (non-hydrogen) atoms. The van der Waals surface area contributed by atoms with Gasteiger partial charge in [0.25, 0.3) is 0 Å². The van der Waals surface area contributed by atoms with Gasteiger partial charge in [-0.05, 0) is 72.7 Å². The average molecular weight is 448 g/mol. The molecular formula is C28H41N5. The van der Waals surface area contributed by atoms with E-state index < -0.39 is 0 Å². The zero-order valence-electron chi connectivity index (χ0n) is 21.2. The van der Waals surface area contributed by atoms with E-state index in [1.54, 1.807) is 6.33 Å². The summed E-state index contributed by atoms with van der Waals surface area (Å²) >= 11 is 0. The molecule has 2 bridgehead atoms. The summed E-state index contributed by atoms with van der Waals surface area (Å²) in [5.74, 6) is 2.69. The molecule has 0 aromatic carbocycles. The summed E-state index contributed by atoms with van der Waals surface area (Å²) in [6, 6.07) is 0. The van der Waals surface area contributed by atoms with Crippen LogP contribution < -0.4 is 10.6 Å². The number of fused-ring (bicyclic) bond motifs is 2. The summed E-state index contributed by atoms with van der Waals surface area (Å²) in [4.78, 5) is 13.2. The van der Waals surface area contributed by atoms with E-state index in [9.17, 15) is 0 Å². The number of hydrogen-bond acceptors (Lipinski definition) is 5. The summed E-state index contributed by atoms with van der Waals surface area (Å²) in [5.41, 5.74) is 8.35. The van der Waals surface area contributed by atoms with Crippen molar-refractivity contribution in [3.63, 3.8) is 0 Å². The van der Waals surface area contributed by atoms with Gasteiger partial charge < -0.3 is 10.6 Å². The molecule has 0 radical (unpaired) electrons. The molecule has 2 fully saturated rings. The quantitative estimate of drug-likeness (QED) is 0.397. The third kappa shape index (κ3) is 4.94. The predicted octanol–water partition coefficient (Wildman–Crippen LogP) is 7.05. The molecule has 2 N–H and O–H groups in total. The number of allylic oxidation sites excluding steroid dienone is 4. The molecule has 3 unspecified atom stereocenters. The minimum absolute atomic E-state index is 0.308. The van der Waals surface area contributed by atoms with Crippen LogP contribution in [0.2, 0.25) is 0 Å². The van der Waals surface area contributed by atoms with Crippen molar-refractivity contribution in [1.29, 1.82) is 0 Å². The van der Waals surface area contributed by atoms with Crippen LogP contribution in [0.4, 0.5) is 11.9 Å². The Morgan fingerprint density at radius 2 is 1.97 bits per heavy atom. The zero-order chi connectivity index (χ0) is 23.5. The second-order valence-electron chi connectivity index (χ2n) is 10.9. The largest absolute Gasteiger partial charge is 0.354 e. The van der Waals surface area contributed by atoms with E-state index >= 15 is 0 Å². The second kappa shape index (κ2) is 9.85. The molecule has 1 aromatic heterocycles. The van der Waals surface area contributed by atoms with E-state index in [4.69, 9.17) is 0 Å². The van der Waals surface area contributed by atoms with Gasteiger partial charge in [0.15, 0.2) is 0 Å². The maximum atomic E-state index is 4.56. The number of anilines is 2. The third-order valence-corrected chi connectivity index (χ3v) is 8.79. The third-order valence-electron chi connectivity index (χ3n) is 8.79. The Labute approximate surface area is 200 Å². The SMILES string of the molecule is CCCCC(CC)CNc1ncnc(NC2=CCC(=C=C3CC4CCC3(C)C4(C)C)C=C2)n1. The first-order chi connectivity index (χ1) is 15.9. The fourth-order valence-corrected chi connectivity index (χ4v) is 5.83. The van der Waals surface area contributed by atoms with Crippen LogP contribution in [-0.2, 0) is 0 Å². The zero-order valence-corrected chi connectivity index (χ0v) is 21.2.